The number of aromatic nitrogens is 3. The second-order valence-corrected chi connectivity index (χ2v) is 4.65. The van der Waals surface area contributed by atoms with Gasteiger partial charge in [-0.25, -0.2) is 0 Å². The van der Waals surface area contributed by atoms with E-state index in [0.717, 1.165) is 5.56 Å². The smallest absolute Gasteiger partial charge is 0.249 e. The van der Waals surface area contributed by atoms with E-state index in [0.29, 0.717) is 22.4 Å². The minimum Gasteiger partial charge on any atom is -0.368 e. The minimum absolute atomic E-state index is 0.362. The molecule has 0 unspecified atom stereocenters. The molecule has 0 fully saturated rings. The number of primary amides is 1. The summed E-state index contributed by atoms with van der Waals surface area (Å²) in [6.07, 6.45) is 0. The van der Waals surface area contributed by atoms with Crippen molar-refractivity contribution in [3.05, 3.63) is 35.4 Å². The van der Waals surface area contributed by atoms with E-state index in [1.807, 2.05) is 12.1 Å². The third-order valence-electron chi connectivity index (χ3n) is 2.51. The lowest BCUT2D eigenvalue weighted by Crippen LogP contribution is -2.13. The number of hydrogen-bond acceptors (Lipinski definition) is 5. The largest absolute Gasteiger partial charge is 0.368 e. The number of hydrogen-bond donors (Lipinski definition) is 2. The Bertz CT molecular complexity index is 581. The first-order chi connectivity index (χ1) is 8.59. The normalized spacial score (nSPS) is 10.5. The van der Waals surface area contributed by atoms with Gasteiger partial charge in [-0.15, -0.1) is 10.2 Å². The standard InChI is InChI=1S/C11H13N5OS/c1-16-10(13)14-15-11(16)18-6-7-4-2-3-5-8(7)9(12)17/h2-5H,6H2,1H3,(H2,12,17)(H2,13,14). The Morgan fingerprint density at radius 3 is 2.72 bits per heavy atom. The van der Waals surface area contributed by atoms with Crippen molar-refractivity contribution < 1.29 is 4.79 Å². The van der Waals surface area contributed by atoms with Crippen LogP contribution >= 0.6 is 11.8 Å². The number of benzene rings is 1. The summed E-state index contributed by atoms with van der Waals surface area (Å²) in [5.41, 5.74) is 12.3. The van der Waals surface area contributed by atoms with Crippen LogP contribution in [0.1, 0.15) is 15.9 Å². The Morgan fingerprint density at radius 1 is 1.39 bits per heavy atom. The van der Waals surface area contributed by atoms with Gasteiger partial charge in [-0.05, 0) is 11.6 Å². The molecule has 0 bridgehead atoms. The van der Waals surface area contributed by atoms with Crippen LogP contribution in [0.3, 0.4) is 0 Å². The van der Waals surface area contributed by atoms with Gasteiger partial charge >= 0.3 is 0 Å². The van der Waals surface area contributed by atoms with Crippen molar-refractivity contribution in [2.75, 3.05) is 5.73 Å². The Kier molecular flexibility index (Phi) is 3.52. The predicted molar refractivity (Wildman–Crippen MR) is 69.9 cm³/mol. The Labute approximate surface area is 108 Å². The summed E-state index contributed by atoms with van der Waals surface area (Å²) in [6.45, 7) is 0. The highest BCUT2D eigenvalue weighted by Crippen LogP contribution is 2.23. The van der Waals surface area contributed by atoms with Crippen LogP contribution in [0, 0.1) is 0 Å². The molecule has 18 heavy (non-hydrogen) atoms. The van der Waals surface area contributed by atoms with Crippen LogP contribution in [0.25, 0.3) is 0 Å². The van der Waals surface area contributed by atoms with Crippen LogP contribution in [0.2, 0.25) is 0 Å². The second kappa shape index (κ2) is 5.09. The predicted octanol–water partition coefficient (Wildman–Crippen LogP) is 0.789. The van der Waals surface area contributed by atoms with Crippen LogP contribution in [-0.4, -0.2) is 20.7 Å². The van der Waals surface area contributed by atoms with E-state index in [-0.39, 0.29) is 0 Å². The first-order valence-corrected chi connectivity index (χ1v) is 6.23. The minimum atomic E-state index is -0.427. The fourth-order valence-electron chi connectivity index (χ4n) is 1.48. The maximum absolute atomic E-state index is 11.3. The summed E-state index contributed by atoms with van der Waals surface area (Å²) in [5.74, 6) is 0.523. The third kappa shape index (κ3) is 2.45. The van der Waals surface area contributed by atoms with Gasteiger partial charge in [0.25, 0.3) is 0 Å². The molecular weight excluding hydrogens is 250 g/mol. The highest BCUT2D eigenvalue weighted by atomic mass is 32.2. The van der Waals surface area contributed by atoms with E-state index in [1.54, 1.807) is 23.7 Å². The molecule has 1 amide bonds. The van der Waals surface area contributed by atoms with Crippen LogP contribution in [0.4, 0.5) is 5.95 Å². The molecule has 0 saturated heterocycles. The maximum Gasteiger partial charge on any atom is 0.249 e. The van der Waals surface area contributed by atoms with Crippen molar-refractivity contribution in [2.45, 2.75) is 10.9 Å². The van der Waals surface area contributed by atoms with Crippen molar-refractivity contribution >= 4 is 23.6 Å². The van der Waals surface area contributed by atoms with E-state index in [1.165, 1.54) is 11.8 Å². The van der Waals surface area contributed by atoms with Gasteiger partial charge in [-0.2, -0.15) is 0 Å². The Hall–Kier alpha value is -2.02. The summed E-state index contributed by atoms with van der Waals surface area (Å²) >= 11 is 1.45. The van der Waals surface area contributed by atoms with Gasteiger partial charge in [0.1, 0.15) is 0 Å². The number of nitrogen functional groups attached to an aromatic ring is 1. The van der Waals surface area contributed by atoms with Gasteiger partial charge in [-0.1, -0.05) is 30.0 Å². The molecule has 1 heterocycles. The average Bonchev–Trinajstić information content (AvgIpc) is 2.68. The molecule has 0 aliphatic heterocycles. The highest BCUT2D eigenvalue weighted by molar-refractivity contribution is 7.98. The maximum atomic E-state index is 11.3. The van der Waals surface area contributed by atoms with E-state index < -0.39 is 5.91 Å². The Morgan fingerprint density at radius 2 is 2.11 bits per heavy atom. The Balaban J connectivity index is 2.16. The SMILES string of the molecule is Cn1c(N)nnc1SCc1ccccc1C(N)=O. The molecule has 0 atom stereocenters. The fraction of sp³-hybridized carbons (Fsp3) is 0.182. The van der Waals surface area contributed by atoms with Crippen molar-refractivity contribution in [1.29, 1.82) is 0 Å². The lowest BCUT2D eigenvalue weighted by atomic mass is 10.1. The summed E-state index contributed by atoms with van der Waals surface area (Å²) in [6, 6.07) is 7.23. The lowest BCUT2D eigenvalue weighted by Gasteiger charge is -2.05. The highest BCUT2D eigenvalue weighted by Gasteiger charge is 2.10. The summed E-state index contributed by atoms with van der Waals surface area (Å²) in [4.78, 5) is 11.3. The number of thioether (sulfide) groups is 1. The molecule has 2 rings (SSSR count). The molecule has 0 aliphatic carbocycles. The van der Waals surface area contributed by atoms with Crippen LogP contribution < -0.4 is 11.5 Å². The number of carbonyl (C=O) groups excluding carboxylic acids is 1. The number of nitrogens with zero attached hydrogens (tertiary/aromatic N) is 3. The summed E-state index contributed by atoms with van der Waals surface area (Å²) < 4.78 is 1.69. The number of carbonyl (C=O) groups is 1. The average molecular weight is 263 g/mol. The van der Waals surface area contributed by atoms with E-state index in [2.05, 4.69) is 10.2 Å². The number of amides is 1. The van der Waals surface area contributed by atoms with E-state index in [4.69, 9.17) is 11.5 Å². The van der Waals surface area contributed by atoms with Crippen molar-refractivity contribution in [2.24, 2.45) is 12.8 Å². The van der Waals surface area contributed by atoms with Gasteiger partial charge in [0.15, 0.2) is 5.16 Å². The fourth-order valence-corrected chi connectivity index (χ4v) is 2.40. The zero-order valence-electron chi connectivity index (χ0n) is 9.83. The molecule has 0 spiro atoms. The summed E-state index contributed by atoms with van der Waals surface area (Å²) in [7, 11) is 1.79. The van der Waals surface area contributed by atoms with Crippen LogP contribution in [0.5, 0.6) is 0 Å². The molecule has 2 aromatic rings. The molecule has 1 aromatic carbocycles. The molecule has 1 aromatic heterocycles. The molecule has 7 heteroatoms. The zero-order chi connectivity index (χ0) is 13.1. The molecule has 6 nitrogen and oxygen atoms in total. The first kappa shape index (κ1) is 12.4. The quantitative estimate of drug-likeness (QED) is 0.794. The van der Waals surface area contributed by atoms with Gasteiger partial charge in [0.2, 0.25) is 11.9 Å². The van der Waals surface area contributed by atoms with Crippen LogP contribution in [-0.2, 0) is 12.8 Å². The van der Waals surface area contributed by atoms with Crippen molar-refractivity contribution in [3.63, 3.8) is 0 Å². The topological polar surface area (TPSA) is 99.8 Å². The van der Waals surface area contributed by atoms with Crippen LogP contribution in [0.15, 0.2) is 29.4 Å². The zero-order valence-corrected chi connectivity index (χ0v) is 10.6. The third-order valence-corrected chi connectivity index (χ3v) is 3.58. The molecule has 0 saturated carbocycles. The van der Waals surface area contributed by atoms with E-state index >= 15 is 0 Å². The molecule has 4 N–H and O–H groups in total. The molecule has 0 radical (unpaired) electrons. The second-order valence-electron chi connectivity index (χ2n) is 3.71. The van der Waals surface area contributed by atoms with Gasteiger partial charge in [-0.3, -0.25) is 9.36 Å². The first-order valence-electron chi connectivity index (χ1n) is 5.25. The molecule has 94 valence electrons. The van der Waals surface area contributed by atoms with Gasteiger partial charge < -0.3 is 11.5 Å². The number of nitrogens with two attached hydrogens (primary N) is 2. The van der Waals surface area contributed by atoms with Crippen molar-refractivity contribution in [3.8, 4) is 0 Å². The molecule has 0 aliphatic rings. The lowest BCUT2D eigenvalue weighted by molar-refractivity contribution is 0.0999. The monoisotopic (exact) mass is 263 g/mol. The number of anilines is 1. The summed E-state index contributed by atoms with van der Waals surface area (Å²) in [5, 5.41) is 8.40. The number of rotatable bonds is 4. The van der Waals surface area contributed by atoms with Crippen molar-refractivity contribution in [1.82, 2.24) is 14.8 Å². The van der Waals surface area contributed by atoms with E-state index in [9.17, 15) is 4.79 Å². The van der Waals surface area contributed by atoms with Gasteiger partial charge in [0, 0.05) is 18.4 Å². The van der Waals surface area contributed by atoms with Gasteiger partial charge in [0.05, 0.1) is 0 Å². The molecular formula is C11H13N5OS.